The average Bonchev–Trinajstić information content (AvgIpc) is 3.51. The summed E-state index contributed by atoms with van der Waals surface area (Å²) in [6.07, 6.45) is 6.19. The fraction of sp³-hybridized carbons (Fsp3) is 0.320. The standard InChI is InChI=1S/C25H28N4O4S/c1-3-31-19-6-8-20(9-7-19)33-17-24(30)29(14-5-13-28-15-12-26-18-28)25-27-22-11-10-21(32-4-2)16-23(22)34-25/h6-12,15-16,18H,3-5,13-14,17H2,1-2H3. The maximum atomic E-state index is 13.2. The largest absolute Gasteiger partial charge is 0.494 e. The summed E-state index contributed by atoms with van der Waals surface area (Å²) in [5.41, 5.74) is 0.836. The minimum atomic E-state index is -0.149. The van der Waals surface area contributed by atoms with Gasteiger partial charge in [0.1, 0.15) is 17.2 Å². The van der Waals surface area contributed by atoms with Gasteiger partial charge in [0.2, 0.25) is 0 Å². The van der Waals surface area contributed by atoms with Gasteiger partial charge in [0.15, 0.2) is 11.7 Å². The smallest absolute Gasteiger partial charge is 0.266 e. The first-order chi connectivity index (χ1) is 16.7. The predicted molar refractivity (Wildman–Crippen MR) is 133 cm³/mol. The van der Waals surface area contributed by atoms with E-state index in [2.05, 4.69) is 4.98 Å². The molecule has 0 radical (unpaired) electrons. The topological polar surface area (TPSA) is 78.7 Å². The van der Waals surface area contributed by atoms with Crippen LogP contribution in [0.25, 0.3) is 10.2 Å². The molecule has 178 valence electrons. The van der Waals surface area contributed by atoms with Gasteiger partial charge < -0.3 is 18.8 Å². The zero-order valence-electron chi connectivity index (χ0n) is 19.3. The van der Waals surface area contributed by atoms with Crippen LogP contribution in [-0.2, 0) is 11.3 Å². The van der Waals surface area contributed by atoms with E-state index in [1.807, 2.05) is 54.9 Å². The molecular weight excluding hydrogens is 452 g/mol. The number of hydrogen-bond acceptors (Lipinski definition) is 7. The highest BCUT2D eigenvalue weighted by Gasteiger charge is 2.20. The Hall–Kier alpha value is -3.59. The first kappa shape index (κ1) is 23.6. The number of aryl methyl sites for hydroxylation is 1. The molecule has 9 heteroatoms. The number of ether oxygens (including phenoxy) is 3. The summed E-state index contributed by atoms with van der Waals surface area (Å²) in [6, 6.07) is 13.0. The summed E-state index contributed by atoms with van der Waals surface area (Å²) in [7, 11) is 0. The zero-order valence-corrected chi connectivity index (χ0v) is 20.2. The number of imidazole rings is 1. The van der Waals surface area contributed by atoms with Crippen molar-refractivity contribution in [3.63, 3.8) is 0 Å². The summed E-state index contributed by atoms with van der Waals surface area (Å²) in [6.45, 7) is 6.27. The third-order valence-corrected chi connectivity index (χ3v) is 6.09. The van der Waals surface area contributed by atoms with Crippen LogP contribution in [0.3, 0.4) is 0 Å². The predicted octanol–water partition coefficient (Wildman–Crippen LogP) is 4.79. The van der Waals surface area contributed by atoms with Gasteiger partial charge in [-0.15, -0.1) is 0 Å². The van der Waals surface area contributed by atoms with Crippen molar-refractivity contribution in [3.05, 3.63) is 61.2 Å². The average molecular weight is 481 g/mol. The van der Waals surface area contributed by atoms with Gasteiger partial charge in [0.25, 0.3) is 5.91 Å². The number of hydrogen-bond donors (Lipinski definition) is 0. The van der Waals surface area contributed by atoms with Gasteiger partial charge in [-0.2, -0.15) is 0 Å². The number of rotatable bonds is 12. The quantitative estimate of drug-likeness (QED) is 0.290. The lowest BCUT2D eigenvalue weighted by Gasteiger charge is -2.20. The number of aromatic nitrogens is 3. The Morgan fingerprint density at radius 3 is 2.41 bits per heavy atom. The molecule has 0 saturated heterocycles. The Morgan fingerprint density at radius 1 is 1.00 bits per heavy atom. The van der Waals surface area contributed by atoms with Crippen LogP contribution in [0.2, 0.25) is 0 Å². The molecule has 0 bridgehead atoms. The molecule has 0 unspecified atom stereocenters. The molecule has 8 nitrogen and oxygen atoms in total. The molecule has 0 saturated carbocycles. The summed E-state index contributed by atoms with van der Waals surface area (Å²) in [5, 5.41) is 0.648. The lowest BCUT2D eigenvalue weighted by molar-refractivity contribution is -0.120. The Bertz CT molecular complexity index is 1190. The molecule has 1 amide bonds. The van der Waals surface area contributed by atoms with E-state index in [1.54, 1.807) is 29.6 Å². The van der Waals surface area contributed by atoms with Crippen molar-refractivity contribution < 1.29 is 19.0 Å². The summed E-state index contributed by atoms with van der Waals surface area (Å²) in [5.74, 6) is 2.02. The SMILES string of the molecule is CCOc1ccc(OCC(=O)N(CCCn2ccnc2)c2nc3ccc(OCC)cc3s2)cc1. The number of fused-ring (bicyclic) bond motifs is 1. The Morgan fingerprint density at radius 2 is 1.71 bits per heavy atom. The lowest BCUT2D eigenvalue weighted by Crippen LogP contribution is -2.36. The summed E-state index contributed by atoms with van der Waals surface area (Å²) in [4.78, 5) is 23.7. The fourth-order valence-electron chi connectivity index (χ4n) is 3.44. The molecule has 0 aliphatic rings. The number of thiazole rings is 1. The van der Waals surface area contributed by atoms with Gasteiger partial charge in [-0.1, -0.05) is 11.3 Å². The Labute approximate surface area is 202 Å². The molecule has 2 aromatic carbocycles. The molecule has 0 aliphatic heterocycles. The van der Waals surface area contributed by atoms with Crippen LogP contribution in [0.4, 0.5) is 5.13 Å². The van der Waals surface area contributed by atoms with Crippen molar-refractivity contribution in [3.8, 4) is 17.2 Å². The molecule has 0 aliphatic carbocycles. The maximum Gasteiger partial charge on any atom is 0.266 e. The van der Waals surface area contributed by atoms with Crippen LogP contribution in [0.15, 0.2) is 61.2 Å². The van der Waals surface area contributed by atoms with Crippen LogP contribution in [0, 0.1) is 0 Å². The monoisotopic (exact) mass is 480 g/mol. The molecular formula is C25H28N4O4S. The zero-order chi connectivity index (χ0) is 23.8. The summed E-state index contributed by atoms with van der Waals surface area (Å²) < 4.78 is 19.8. The van der Waals surface area contributed by atoms with E-state index in [0.29, 0.717) is 30.6 Å². The van der Waals surface area contributed by atoms with Crippen molar-refractivity contribution >= 4 is 32.6 Å². The van der Waals surface area contributed by atoms with E-state index in [-0.39, 0.29) is 12.5 Å². The maximum absolute atomic E-state index is 13.2. The van der Waals surface area contributed by atoms with Gasteiger partial charge in [-0.25, -0.2) is 9.97 Å². The number of anilines is 1. The van der Waals surface area contributed by atoms with Crippen LogP contribution in [-0.4, -0.2) is 46.8 Å². The van der Waals surface area contributed by atoms with Crippen LogP contribution in [0.5, 0.6) is 17.2 Å². The number of benzene rings is 2. The van der Waals surface area contributed by atoms with Crippen molar-refractivity contribution in [1.82, 2.24) is 14.5 Å². The van der Waals surface area contributed by atoms with Crippen molar-refractivity contribution in [2.45, 2.75) is 26.8 Å². The van der Waals surface area contributed by atoms with Crippen LogP contribution in [0.1, 0.15) is 20.3 Å². The van der Waals surface area contributed by atoms with Crippen molar-refractivity contribution in [1.29, 1.82) is 0 Å². The number of carbonyl (C=O) groups is 1. The number of carbonyl (C=O) groups excluding carboxylic acids is 1. The van der Waals surface area contributed by atoms with E-state index >= 15 is 0 Å². The second-order valence-electron chi connectivity index (χ2n) is 7.45. The molecule has 2 heterocycles. The van der Waals surface area contributed by atoms with E-state index in [9.17, 15) is 4.79 Å². The third-order valence-electron chi connectivity index (χ3n) is 5.05. The van der Waals surface area contributed by atoms with Gasteiger partial charge >= 0.3 is 0 Å². The minimum Gasteiger partial charge on any atom is -0.494 e. The van der Waals surface area contributed by atoms with Gasteiger partial charge in [-0.05, 0) is 62.7 Å². The third kappa shape index (κ3) is 6.05. The van der Waals surface area contributed by atoms with Crippen molar-refractivity contribution in [2.24, 2.45) is 0 Å². The van der Waals surface area contributed by atoms with E-state index in [1.165, 1.54) is 11.3 Å². The van der Waals surface area contributed by atoms with Gasteiger partial charge in [0, 0.05) is 25.5 Å². The molecule has 4 rings (SSSR count). The Balaban J connectivity index is 1.48. The second-order valence-corrected chi connectivity index (χ2v) is 8.46. The first-order valence-electron chi connectivity index (χ1n) is 11.3. The highest BCUT2D eigenvalue weighted by atomic mass is 32.1. The van der Waals surface area contributed by atoms with E-state index in [0.717, 1.165) is 34.7 Å². The highest BCUT2D eigenvalue weighted by Crippen LogP contribution is 2.32. The first-order valence-corrected chi connectivity index (χ1v) is 12.1. The van der Waals surface area contributed by atoms with Crippen molar-refractivity contribution in [2.75, 3.05) is 31.3 Å². The molecule has 0 atom stereocenters. The number of amides is 1. The summed E-state index contributed by atoms with van der Waals surface area (Å²) >= 11 is 1.47. The minimum absolute atomic E-state index is 0.0841. The van der Waals surface area contributed by atoms with E-state index in [4.69, 9.17) is 19.2 Å². The Kier molecular flexibility index (Phi) is 7.98. The fourth-order valence-corrected chi connectivity index (χ4v) is 4.48. The van der Waals surface area contributed by atoms with Gasteiger partial charge in [0.05, 0.1) is 29.8 Å². The molecule has 2 aromatic heterocycles. The lowest BCUT2D eigenvalue weighted by atomic mass is 10.3. The molecule has 0 fully saturated rings. The molecule has 0 N–H and O–H groups in total. The van der Waals surface area contributed by atoms with Gasteiger partial charge in [-0.3, -0.25) is 9.69 Å². The molecule has 4 aromatic rings. The normalized spacial score (nSPS) is 10.9. The molecule has 0 spiro atoms. The number of nitrogens with zero attached hydrogens (tertiary/aromatic N) is 4. The second kappa shape index (κ2) is 11.5. The van der Waals surface area contributed by atoms with Crippen LogP contribution >= 0.6 is 11.3 Å². The highest BCUT2D eigenvalue weighted by molar-refractivity contribution is 7.22. The van der Waals surface area contributed by atoms with E-state index < -0.39 is 0 Å². The van der Waals surface area contributed by atoms with Crippen LogP contribution < -0.4 is 19.1 Å². The molecule has 34 heavy (non-hydrogen) atoms.